The molecule has 3 aromatic rings. The summed E-state index contributed by atoms with van der Waals surface area (Å²) in [5.74, 6) is 7.09. The standard InChI is InChI=1S/C18H19N5O2S/c1-11-10-13-6-3-4-7-14(13)22(11)17(24)12(2)26-18-21-20-16(23(18)19)15-8-5-9-25-15/h3-9,11-12H,10,19H2,1-2H3. The number of furan rings is 1. The lowest BCUT2D eigenvalue weighted by Gasteiger charge is -2.25. The molecule has 4 rings (SSSR count). The topological polar surface area (TPSA) is 90.2 Å². The van der Waals surface area contributed by atoms with Gasteiger partial charge in [-0.3, -0.25) is 4.79 Å². The Bertz CT molecular complexity index is 937. The third-order valence-electron chi connectivity index (χ3n) is 4.48. The Morgan fingerprint density at radius 1 is 1.31 bits per heavy atom. The fourth-order valence-corrected chi connectivity index (χ4v) is 4.06. The maximum Gasteiger partial charge on any atom is 0.240 e. The SMILES string of the molecule is CC(Sc1nnc(-c2ccco2)n1N)C(=O)N1c2ccccc2CC1C. The van der Waals surface area contributed by atoms with Crippen LogP contribution in [-0.4, -0.2) is 32.1 Å². The van der Waals surface area contributed by atoms with Crippen molar-refractivity contribution in [3.8, 4) is 11.6 Å². The van der Waals surface area contributed by atoms with Crippen molar-refractivity contribution >= 4 is 23.4 Å². The van der Waals surface area contributed by atoms with Crippen LogP contribution in [0.1, 0.15) is 19.4 Å². The predicted octanol–water partition coefficient (Wildman–Crippen LogP) is 2.71. The van der Waals surface area contributed by atoms with Gasteiger partial charge in [0.05, 0.1) is 11.5 Å². The predicted molar refractivity (Wildman–Crippen MR) is 100 cm³/mol. The highest BCUT2D eigenvalue weighted by molar-refractivity contribution is 8.00. The number of anilines is 1. The summed E-state index contributed by atoms with van der Waals surface area (Å²) < 4.78 is 6.67. The highest BCUT2D eigenvalue weighted by atomic mass is 32.2. The van der Waals surface area contributed by atoms with Gasteiger partial charge in [-0.1, -0.05) is 30.0 Å². The summed E-state index contributed by atoms with van der Waals surface area (Å²) in [6.07, 6.45) is 2.42. The Morgan fingerprint density at radius 3 is 2.88 bits per heavy atom. The van der Waals surface area contributed by atoms with Crippen LogP contribution in [0.5, 0.6) is 0 Å². The number of nitrogens with zero attached hydrogens (tertiary/aromatic N) is 4. The van der Waals surface area contributed by atoms with Crippen molar-refractivity contribution in [3.05, 3.63) is 48.2 Å². The van der Waals surface area contributed by atoms with Crippen molar-refractivity contribution in [3.63, 3.8) is 0 Å². The van der Waals surface area contributed by atoms with E-state index in [1.54, 1.807) is 18.4 Å². The van der Waals surface area contributed by atoms with Gasteiger partial charge in [0, 0.05) is 11.7 Å². The smallest absolute Gasteiger partial charge is 0.240 e. The number of rotatable bonds is 4. The molecule has 7 nitrogen and oxygen atoms in total. The second kappa shape index (κ2) is 6.53. The lowest BCUT2D eigenvalue weighted by atomic mass is 10.1. The maximum atomic E-state index is 13.1. The summed E-state index contributed by atoms with van der Waals surface area (Å²) >= 11 is 1.29. The molecule has 0 radical (unpaired) electrons. The van der Waals surface area contributed by atoms with E-state index in [9.17, 15) is 4.79 Å². The lowest BCUT2D eigenvalue weighted by Crippen LogP contribution is -2.40. The van der Waals surface area contributed by atoms with Crippen LogP contribution in [0.25, 0.3) is 11.6 Å². The minimum atomic E-state index is -0.348. The average molecular weight is 369 g/mol. The molecule has 2 aromatic heterocycles. The van der Waals surface area contributed by atoms with Gasteiger partial charge >= 0.3 is 0 Å². The Hall–Kier alpha value is -2.74. The van der Waals surface area contributed by atoms with Crippen LogP contribution in [0.3, 0.4) is 0 Å². The Kier molecular flexibility index (Phi) is 4.20. The van der Waals surface area contributed by atoms with E-state index in [0.717, 1.165) is 12.1 Å². The normalized spacial score (nSPS) is 17.3. The van der Waals surface area contributed by atoms with Gasteiger partial charge in [0.15, 0.2) is 5.76 Å². The molecule has 0 aliphatic carbocycles. The zero-order valence-corrected chi connectivity index (χ0v) is 15.3. The van der Waals surface area contributed by atoms with Crippen LogP contribution >= 0.6 is 11.8 Å². The van der Waals surface area contributed by atoms with Gasteiger partial charge in [-0.2, -0.15) is 0 Å². The zero-order valence-electron chi connectivity index (χ0n) is 14.5. The molecule has 2 unspecified atom stereocenters. The van der Waals surface area contributed by atoms with E-state index in [1.165, 1.54) is 22.0 Å². The van der Waals surface area contributed by atoms with Crippen molar-refractivity contribution in [2.75, 3.05) is 10.7 Å². The van der Waals surface area contributed by atoms with Gasteiger partial charge in [-0.05, 0) is 44.0 Å². The second-order valence-electron chi connectivity index (χ2n) is 6.30. The number of amides is 1. The van der Waals surface area contributed by atoms with E-state index < -0.39 is 0 Å². The number of thioether (sulfide) groups is 1. The Balaban J connectivity index is 1.54. The number of benzene rings is 1. The number of nitrogen functional groups attached to an aromatic ring is 1. The van der Waals surface area contributed by atoms with Crippen LogP contribution in [0.4, 0.5) is 5.69 Å². The highest BCUT2D eigenvalue weighted by Gasteiger charge is 2.34. The summed E-state index contributed by atoms with van der Waals surface area (Å²) in [7, 11) is 0. The number of hydrogen-bond acceptors (Lipinski definition) is 6. The van der Waals surface area contributed by atoms with Gasteiger partial charge in [0.1, 0.15) is 0 Å². The first kappa shape index (κ1) is 16.7. The summed E-state index contributed by atoms with van der Waals surface area (Å²) in [5.41, 5.74) is 2.19. The van der Waals surface area contributed by atoms with Gasteiger partial charge < -0.3 is 15.2 Å². The molecule has 26 heavy (non-hydrogen) atoms. The highest BCUT2D eigenvalue weighted by Crippen LogP contribution is 2.34. The molecule has 0 saturated carbocycles. The number of nitrogens with two attached hydrogens (primary N) is 1. The van der Waals surface area contributed by atoms with Gasteiger partial charge in [0.25, 0.3) is 0 Å². The number of hydrogen-bond donors (Lipinski definition) is 1. The third-order valence-corrected chi connectivity index (χ3v) is 5.53. The molecule has 2 N–H and O–H groups in total. The number of para-hydroxylation sites is 1. The Morgan fingerprint density at radius 2 is 2.12 bits per heavy atom. The molecular weight excluding hydrogens is 350 g/mol. The minimum absolute atomic E-state index is 0.0370. The van der Waals surface area contributed by atoms with E-state index in [4.69, 9.17) is 10.3 Å². The molecule has 0 saturated heterocycles. The fraction of sp³-hybridized carbons (Fsp3) is 0.278. The van der Waals surface area contributed by atoms with Crippen LogP contribution < -0.4 is 10.7 Å². The molecular formula is C18H19N5O2S. The molecule has 1 amide bonds. The second-order valence-corrected chi connectivity index (χ2v) is 7.61. The fourth-order valence-electron chi connectivity index (χ4n) is 3.24. The van der Waals surface area contributed by atoms with Gasteiger partial charge in [0.2, 0.25) is 16.9 Å². The molecule has 8 heteroatoms. The first-order valence-corrected chi connectivity index (χ1v) is 9.26. The summed E-state index contributed by atoms with van der Waals surface area (Å²) in [5, 5.41) is 8.29. The van der Waals surface area contributed by atoms with Crippen molar-refractivity contribution in [2.24, 2.45) is 0 Å². The van der Waals surface area contributed by atoms with E-state index >= 15 is 0 Å². The summed E-state index contributed by atoms with van der Waals surface area (Å²) in [4.78, 5) is 14.9. The Labute approximate surface area is 155 Å². The van der Waals surface area contributed by atoms with Gasteiger partial charge in [-0.25, -0.2) is 4.68 Å². The van der Waals surface area contributed by atoms with E-state index in [1.807, 2.05) is 30.0 Å². The molecule has 2 atom stereocenters. The van der Waals surface area contributed by atoms with Crippen LogP contribution in [0.2, 0.25) is 0 Å². The van der Waals surface area contributed by atoms with E-state index in [-0.39, 0.29) is 17.2 Å². The molecule has 0 spiro atoms. The molecule has 0 bridgehead atoms. The largest absolute Gasteiger partial charge is 0.461 e. The number of carbonyl (C=O) groups excluding carboxylic acids is 1. The van der Waals surface area contributed by atoms with Crippen LogP contribution in [0.15, 0.2) is 52.2 Å². The monoisotopic (exact) mass is 369 g/mol. The van der Waals surface area contributed by atoms with Crippen molar-refractivity contribution in [1.29, 1.82) is 0 Å². The summed E-state index contributed by atoms with van der Waals surface area (Å²) in [6.45, 7) is 3.93. The number of fused-ring (bicyclic) bond motifs is 1. The zero-order chi connectivity index (χ0) is 18.3. The van der Waals surface area contributed by atoms with Gasteiger partial charge in [-0.15, -0.1) is 10.2 Å². The van der Waals surface area contributed by atoms with Crippen molar-refractivity contribution in [1.82, 2.24) is 14.9 Å². The van der Waals surface area contributed by atoms with Crippen LogP contribution in [0, 0.1) is 0 Å². The van der Waals surface area contributed by atoms with E-state index in [0.29, 0.717) is 16.7 Å². The third kappa shape index (κ3) is 2.76. The molecule has 1 aromatic carbocycles. The minimum Gasteiger partial charge on any atom is -0.461 e. The molecule has 134 valence electrons. The number of carbonyl (C=O) groups is 1. The molecule has 0 fully saturated rings. The molecule has 1 aliphatic rings. The first-order chi connectivity index (χ1) is 12.6. The molecule has 3 heterocycles. The van der Waals surface area contributed by atoms with Crippen LogP contribution in [-0.2, 0) is 11.2 Å². The summed E-state index contributed by atoms with van der Waals surface area (Å²) in [6, 6.07) is 11.7. The van der Waals surface area contributed by atoms with Crippen molar-refractivity contribution in [2.45, 2.75) is 36.7 Å². The van der Waals surface area contributed by atoms with Crippen molar-refractivity contribution < 1.29 is 9.21 Å². The lowest BCUT2D eigenvalue weighted by molar-refractivity contribution is -0.118. The first-order valence-electron chi connectivity index (χ1n) is 8.38. The molecule has 1 aliphatic heterocycles. The quantitative estimate of drug-likeness (QED) is 0.562. The number of aromatic nitrogens is 3. The average Bonchev–Trinajstić information content (AvgIpc) is 3.33. The maximum absolute atomic E-state index is 13.1. The van der Waals surface area contributed by atoms with E-state index in [2.05, 4.69) is 23.2 Å².